The van der Waals surface area contributed by atoms with Crippen LogP contribution in [0.1, 0.15) is 29.3 Å². The van der Waals surface area contributed by atoms with Crippen LogP contribution in [0.15, 0.2) is 40.1 Å². The molecule has 0 bridgehead atoms. The molecule has 1 fully saturated rings. The number of thiophene rings is 1. The maximum atomic E-state index is 11.0. The molecule has 1 saturated carbocycles. The van der Waals surface area contributed by atoms with E-state index in [1.54, 1.807) is 16.8 Å². The molecule has 1 aromatic carbocycles. The lowest BCUT2D eigenvalue weighted by Gasteiger charge is -2.35. The predicted molar refractivity (Wildman–Crippen MR) is 108 cm³/mol. The Kier molecular flexibility index (Phi) is 4.37. The number of nitro groups is 1. The highest BCUT2D eigenvalue weighted by atomic mass is 32.1. The van der Waals surface area contributed by atoms with Crippen molar-refractivity contribution < 1.29 is 9.34 Å². The standard InChI is InChI=1S/C19H18N4O3S2/c24-23(25)14-3-1-2-13(10-14)18-20-22(19(27)26-18)11-21-8-6-16-15(7-9-28-16)17(21)12-4-5-12/h1-3,7,9-10,12,17H,4-6,8,11H2/t17-/m1/s1. The van der Waals surface area contributed by atoms with Crippen LogP contribution in [0.25, 0.3) is 11.5 Å². The third-order valence-electron chi connectivity index (χ3n) is 5.41. The smallest absolute Gasteiger partial charge is 0.288 e. The molecule has 28 heavy (non-hydrogen) atoms. The van der Waals surface area contributed by atoms with Gasteiger partial charge in [-0.15, -0.1) is 16.4 Å². The average Bonchev–Trinajstić information content (AvgIpc) is 3.30. The summed E-state index contributed by atoms with van der Waals surface area (Å²) >= 11 is 7.23. The number of benzene rings is 1. The number of nitro benzene ring substituents is 1. The fourth-order valence-electron chi connectivity index (χ4n) is 3.96. The first kappa shape index (κ1) is 17.7. The zero-order valence-electron chi connectivity index (χ0n) is 15.0. The molecular weight excluding hydrogens is 396 g/mol. The molecule has 9 heteroatoms. The van der Waals surface area contributed by atoms with Crippen molar-refractivity contribution in [2.24, 2.45) is 5.92 Å². The van der Waals surface area contributed by atoms with E-state index in [2.05, 4.69) is 21.4 Å². The first-order valence-electron chi connectivity index (χ1n) is 9.23. The van der Waals surface area contributed by atoms with Crippen LogP contribution in [0, 0.1) is 20.9 Å². The molecule has 2 aromatic heterocycles. The maximum Gasteiger partial charge on any atom is 0.288 e. The zero-order chi connectivity index (χ0) is 19.3. The minimum absolute atomic E-state index is 0.00276. The number of hydrogen-bond donors (Lipinski definition) is 0. The van der Waals surface area contributed by atoms with Gasteiger partial charge in [-0.3, -0.25) is 15.0 Å². The largest absolute Gasteiger partial charge is 0.409 e. The SMILES string of the molecule is O=[N+]([O-])c1cccc(-c2nn(CN3CCc4sccc4[C@H]3C3CC3)c(=S)o2)c1. The van der Waals surface area contributed by atoms with E-state index in [-0.39, 0.29) is 10.5 Å². The summed E-state index contributed by atoms with van der Waals surface area (Å²) in [6.45, 7) is 1.53. The summed E-state index contributed by atoms with van der Waals surface area (Å²) in [6, 6.07) is 8.93. The molecule has 7 nitrogen and oxygen atoms in total. The minimum atomic E-state index is -0.429. The summed E-state index contributed by atoms with van der Waals surface area (Å²) in [5, 5.41) is 17.7. The number of hydrogen-bond acceptors (Lipinski definition) is 7. The molecule has 1 aliphatic heterocycles. The normalized spacial score (nSPS) is 19.5. The van der Waals surface area contributed by atoms with Gasteiger partial charge in [-0.2, -0.15) is 0 Å². The molecule has 1 atom stereocenters. The van der Waals surface area contributed by atoms with Crippen molar-refractivity contribution in [1.82, 2.24) is 14.7 Å². The number of rotatable bonds is 5. The number of fused-ring (bicyclic) bond motifs is 1. The first-order chi connectivity index (χ1) is 13.6. The highest BCUT2D eigenvalue weighted by Gasteiger charge is 2.40. The van der Waals surface area contributed by atoms with E-state index in [1.165, 1.54) is 35.4 Å². The topological polar surface area (TPSA) is 77.3 Å². The second-order valence-corrected chi connectivity index (χ2v) is 8.62. The van der Waals surface area contributed by atoms with Gasteiger partial charge in [0.25, 0.3) is 10.5 Å². The summed E-state index contributed by atoms with van der Waals surface area (Å²) in [5.41, 5.74) is 2.01. The zero-order valence-corrected chi connectivity index (χ0v) is 16.6. The van der Waals surface area contributed by atoms with Crippen LogP contribution in [-0.4, -0.2) is 26.1 Å². The van der Waals surface area contributed by atoms with Gasteiger partial charge in [0.05, 0.1) is 11.6 Å². The molecule has 0 radical (unpaired) electrons. The molecule has 0 N–H and O–H groups in total. The van der Waals surface area contributed by atoms with E-state index in [0.717, 1.165) is 13.0 Å². The Morgan fingerprint density at radius 1 is 1.36 bits per heavy atom. The molecule has 0 amide bonds. The Morgan fingerprint density at radius 2 is 2.21 bits per heavy atom. The van der Waals surface area contributed by atoms with Crippen molar-refractivity contribution in [3.8, 4) is 11.5 Å². The molecule has 1 aliphatic carbocycles. The lowest BCUT2D eigenvalue weighted by Crippen LogP contribution is -2.37. The minimum Gasteiger partial charge on any atom is -0.409 e. The van der Waals surface area contributed by atoms with Crippen molar-refractivity contribution >= 4 is 29.2 Å². The Bertz CT molecular complexity index is 1100. The summed E-state index contributed by atoms with van der Waals surface area (Å²) in [4.78, 5) is 14.8. The summed E-state index contributed by atoms with van der Waals surface area (Å²) in [6.07, 6.45) is 3.57. The molecule has 3 heterocycles. The van der Waals surface area contributed by atoms with Gasteiger partial charge in [0.2, 0.25) is 5.89 Å². The summed E-state index contributed by atoms with van der Waals surface area (Å²) in [5.74, 6) is 1.01. The molecule has 5 rings (SSSR count). The number of non-ortho nitro benzene ring substituents is 1. The molecule has 0 saturated heterocycles. The molecule has 2 aliphatic rings. The van der Waals surface area contributed by atoms with Crippen molar-refractivity contribution in [3.63, 3.8) is 0 Å². The van der Waals surface area contributed by atoms with Gasteiger partial charge in [-0.05, 0) is 60.5 Å². The Balaban J connectivity index is 1.43. The van der Waals surface area contributed by atoms with Gasteiger partial charge < -0.3 is 4.42 Å². The molecule has 0 spiro atoms. The Hall–Kier alpha value is -2.36. The van der Waals surface area contributed by atoms with E-state index < -0.39 is 4.92 Å². The predicted octanol–water partition coefficient (Wildman–Crippen LogP) is 4.81. The average molecular weight is 415 g/mol. The van der Waals surface area contributed by atoms with Crippen LogP contribution in [0.3, 0.4) is 0 Å². The van der Waals surface area contributed by atoms with E-state index in [9.17, 15) is 10.1 Å². The van der Waals surface area contributed by atoms with E-state index >= 15 is 0 Å². The van der Waals surface area contributed by atoms with Crippen molar-refractivity contribution in [2.75, 3.05) is 6.54 Å². The van der Waals surface area contributed by atoms with Gasteiger partial charge in [-0.1, -0.05) is 6.07 Å². The monoisotopic (exact) mass is 414 g/mol. The Morgan fingerprint density at radius 3 is 3.00 bits per heavy atom. The summed E-state index contributed by atoms with van der Waals surface area (Å²) in [7, 11) is 0. The summed E-state index contributed by atoms with van der Waals surface area (Å²) < 4.78 is 7.35. The fourth-order valence-corrected chi connectivity index (χ4v) is 5.05. The van der Waals surface area contributed by atoms with Gasteiger partial charge in [0.1, 0.15) is 0 Å². The number of aromatic nitrogens is 2. The lowest BCUT2D eigenvalue weighted by molar-refractivity contribution is -0.384. The quantitative estimate of drug-likeness (QED) is 0.339. The van der Waals surface area contributed by atoms with Gasteiger partial charge in [0.15, 0.2) is 0 Å². The van der Waals surface area contributed by atoms with Gasteiger partial charge >= 0.3 is 0 Å². The van der Waals surface area contributed by atoms with Crippen LogP contribution in [-0.2, 0) is 13.1 Å². The van der Waals surface area contributed by atoms with Crippen LogP contribution in [0.2, 0.25) is 0 Å². The van der Waals surface area contributed by atoms with Crippen molar-refractivity contribution in [2.45, 2.75) is 32.0 Å². The third-order valence-corrected chi connectivity index (χ3v) is 6.70. The second kappa shape index (κ2) is 6.91. The maximum absolute atomic E-state index is 11.0. The van der Waals surface area contributed by atoms with Gasteiger partial charge in [0, 0.05) is 35.2 Å². The third kappa shape index (κ3) is 3.19. The molecule has 3 aromatic rings. The lowest BCUT2D eigenvalue weighted by atomic mass is 9.96. The van der Waals surface area contributed by atoms with Crippen LogP contribution in [0.4, 0.5) is 5.69 Å². The van der Waals surface area contributed by atoms with Crippen LogP contribution < -0.4 is 0 Å². The van der Waals surface area contributed by atoms with Crippen molar-refractivity contribution in [3.05, 3.63) is 61.1 Å². The highest BCUT2D eigenvalue weighted by Crippen LogP contribution is 2.48. The van der Waals surface area contributed by atoms with E-state index in [4.69, 9.17) is 16.6 Å². The van der Waals surface area contributed by atoms with Crippen LogP contribution in [0.5, 0.6) is 0 Å². The van der Waals surface area contributed by atoms with E-state index in [1.807, 2.05) is 11.3 Å². The van der Waals surface area contributed by atoms with Crippen LogP contribution >= 0.6 is 23.6 Å². The highest BCUT2D eigenvalue weighted by molar-refractivity contribution is 7.71. The van der Waals surface area contributed by atoms with E-state index in [0.29, 0.717) is 30.1 Å². The second-order valence-electron chi connectivity index (χ2n) is 7.27. The molecule has 144 valence electrons. The Labute approximate surface area is 170 Å². The van der Waals surface area contributed by atoms with Gasteiger partial charge in [-0.25, -0.2) is 4.68 Å². The van der Waals surface area contributed by atoms with Crippen molar-refractivity contribution in [1.29, 1.82) is 0 Å². The molecule has 0 unspecified atom stereocenters. The first-order valence-corrected chi connectivity index (χ1v) is 10.5. The fraction of sp³-hybridized carbons (Fsp3) is 0.368. The number of nitrogens with zero attached hydrogens (tertiary/aromatic N) is 4. The molecular formula is C19H18N4O3S2.